The third-order valence-electron chi connectivity index (χ3n) is 3.14. The first kappa shape index (κ1) is 15.6. The van der Waals surface area contributed by atoms with Crippen molar-refractivity contribution in [3.8, 4) is 5.69 Å². The van der Waals surface area contributed by atoms with E-state index in [1.807, 2.05) is 6.92 Å². The quantitative estimate of drug-likeness (QED) is 0.822. The molecule has 1 aromatic heterocycles. The number of alkyl halides is 3. The Labute approximate surface area is 121 Å². The van der Waals surface area contributed by atoms with Gasteiger partial charge in [-0.3, -0.25) is 0 Å². The molecule has 0 fully saturated rings. The molecule has 0 bridgehead atoms. The Kier molecular flexibility index (Phi) is 5.01. The third kappa shape index (κ3) is 3.85. The molecule has 21 heavy (non-hydrogen) atoms. The molecule has 0 saturated carbocycles. The van der Waals surface area contributed by atoms with Crippen LogP contribution in [-0.2, 0) is 12.7 Å². The van der Waals surface area contributed by atoms with E-state index in [1.54, 1.807) is 30.3 Å². The predicted octanol–water partition coefficient (Wildman–Crippen LogP) is 3.78. The molecule has 0 unspecified atom stereocenters. The van der Waals surface area contributed by atoms with Crippen molar-refractivity contribution in [2.45, 2.75) is 32.5 Å². The van der Waals surface area contributed by atoms with Crippen molar-refractivity contribution >= 4 is 0 Å². The van der Waals surface area contributed by atoms with Crippen LogP contribution in [0, 0.1) is 0 Å². The maximum Gasteiger partial charge on any atom is 0.433 e. The lowest BCUT2D eigenvalue weighted by Crippen LogP contribution is -2.20. The van der Waals surface area contributed by atoms with Crippen molar-refractivity contribution in [2.75, 3.05) is 6.54 Å². The number of nitrogens with one attached hydrogen (secondary N) is 1. The summed E-state index contributed by atoms with van der Waals surface area (Å²) in [7, 11) is 0. The van der Waals surface area contributed by atoms with Crippen LogP contribution in [0.5, 0.6) is 0 Å². The number of rotatable bonds is 6. The number of aromatic nitrogens is 2. The fourth-order valence-corrected chi connectivity index (χ4v) is 2.10. The first-order valence-corrected chi connectivity index (χ1v) is 6.94. The first-order valence-electron chi connectivity index (χ1n) is 6.94. The second-order valence-corrected chi connectivity index (χ2v) is 4.79. The van der Waals surface area contributed by atoms with Crippen molar-refractivity contribution < 1.29 is 13.2 Å². The van der Waals surface area contributed by atoms with Crippen LogP contribution in [0.3, 0.4) is 0 Å². The molecule has 6 heteroatoms. The highest BCUT2D eigenvalue weighted by molar-refractivity contribution is 5.36. The van der Waals surface area contributed by atoms with E-state index < -0.39 is 11.9 Å². The van der Waals surface area contributed by atoms with E-state index in [9.17, 15) is 13.2 Å². The number of benzene rings is 1. The predicted molar refractivity (Wildman–Crippen MR) is 75.2 cm³/mol. The maximum atomic E-state index is 13.3. The Morgan fingerprint density at radius 1 is 1.19 bits per heavy atom. The smallest absolute Gasteiger partial charge is 0.313 e. The molecule has 1 N–H and O–H groups in total. The summed E-state index contributed by atoms with van der Waals surface area (Å²) in [6.45, 7) is 2.91. The van der Waals surface area contributed by atoms with Gasteiger partial charge < -0.3 is 5.32 Å². The second-order valence-electron chi connectivity index (χ2n) is 4.79. The fourth-order valence-electron chi connectivity index (χ4n) is 2.10. The van der Waals surface area contributed by atoms with Crippen LogP contribution in [0.15, 0.2) is 36.5 Å². The summed E-state index contributed by atoms with van der Waals surface area (Å²) in [5, 5.41) is 6.93. The van der Waals surface area contributed by atoms with Crippen molar-refractivity contribution in [1.82, 2.24) is 15.1 Å². The van der Waals surface area contributed by atoms with Gasteiger partial charge in [0, 0.05) is 12.1 Å². The lowest BCUT2D eigenvalue weighted by molar-refractivity contribution is -0.143. The topological polar surface area (TPSA) is 29.9 Å². The SMILES string of the molecule is CCCCNCc1cnn(-c2ccccc2)c1C(F)(F)F. The molecular weight excluding hydrogens is 279 g/mol. The highest BCUT2D eigenvalue weighted by Gasteiger charge is 2.38. The van der Waals surface area contributed by atoms with Crippen LogP contribution in [-0.4, -0.2) is 16.3 Å². The number of hydrogen-bond acceptors (Lipinski definition) is 2. The number of unbranched alkanes of at least 4 members (excludes halogenated alkanes) is 1. The zero-order valence-electron chi connectivity index (χ0n) is 11.8. The van der Waals surface area contributed by atoms with Gasteiger partial charge in [0.25, 0.3) is 0 Å². The Hall–Kier alpha value is -1.82. The Morgan fingerprint density at radius 3 is 2.52 bits per heavy atom. The zero-order valence-corrected chi connectivity index (χ0v) is 11.8. The highest BCUT2D eigenvalue weighted by Crippen LogP contribution is 2.33. The van der Waals surface area contributed by atoms with E-state index in [-0.39, 0.29) is 12.1 Å². The van der Waals surface area contributed by atoms with Gasteiger partial charge in [-0.05, 0) is 25.1 Å². The molecule has 2 rings (SSSR count). The van der Waals surface area contributed by atoms with Crippen LogP contribution in [0.2, 0.25) is 0 Å². The molecule has 1 aromatic carbocycles. The average Bonchev–Trinajstić information content (AvgIpc) is 2.88. The van der Waals surface area contributed by atoms with E-state index in [2.05, 4.69) is 10.4 Å². The third-order valence-corrected chi connectivity index (χ3v) is 3.14. The van der Waals surface area contributed by atoms with E-state index in [4.69, 9.17) is 0 Å². The lowest BCUT2D eigenvalue weighted by atomic mass is 10.2. The summed E-state index contributed by atoms with van der Waals surface area (Å²) in [6.07, 6.45) is -1.21. The fraction of sp³-hybridized carbons (Fsp3) is 0.400. The van der Waals surface area contributed by atoms with Gasteiger partial charge >= 0.3 is 6.18 Å². The summed E-state index contributed by atoms with van der Waals surface area (Å²) in [5.41, 5.74) is -0.134. The number of para-hydroxylation sites is 1. The van der Waals surface area contributed by atoms with E-state index in [1.165, 1.54) is 6.20 Å². The van der Waals surface area contributed by atoms with Gasteiger partial charge in [0.1, 0.15) is 0 Å². The molecule has 0 amide bonds. The van der Waals surface area contributed by atoms with E-state index >= 15 is 0 Å². The van der Waals surface area contributed by atoms with Crippen LogP contribution in [0.25, 0.3) is 5.69 Å². The minimum Gasteiger partial charge on any atom is -0.313 e. The Morgan fingerprint density at radius 2 is 1.90 bits per heavy atom. The van der Waals surface area contributed by atoms with Crippen LogP contribution in [0.4, 0.5) is 13.2 Å². The van der Waals surface area contributed by atoms with Crippen LogP contribution >= 0.6 is 0 Å². The maximum absolute atomic E-state index is 13.3. The summed E-state index contributed by atoms with van der Waals surface area (Å²) >= 11 is 0. The largest absolute Gasteiger partial charge is 0.433 e. The molecule has 0 aliphatic rings. The summed E-state index contributed by atoms with van der Waals surface area (Å²) in [5.74, 6) is 0. The number of nitrogens with zero attached hydrogens (tertiary/aromatic N) is 2. The van der Waals surface area contributed by atoms with Crippen molar-refractivity contribution in [2.24, 2.45) is 0 Å². The molecule has 0 saturated heterocycles. The molecule has 0 aliphatic heterocycles. The molecule has 3 nitrogen and oxygen atoms in total. The first-order chi connectivity index (χ1) is 10.0. The van der Waals surface area contributed by atoms with Crippen molar-refractivity contribution in [1.29, 1.82) is 0 Å². The summed E-state index contributed by atoms with van der Waals surface area (Å²) in [4.78, 5) is 0. The standard InChI is InChI=1S/C15H18F3N3/c1-2-3-9-19-10-12-11-20-21(14(12)15(16,17)18)13-7-5-4-6-8-13/h4-8,11,19H,2-3,9-10H2,1H3. The molecule has 0 radical (unpaired) electrons. The monoisotopic (exact) mass is 297 g/mol. The van der Waals surface area contributed by atoms with Crippen LogP contribution in [0.1, 0.15) is 31.0 Å². The molecule has 114 valence electrons. The van der Waals surface area contributed by atoms with E-state index in [0.717, 1.165) is 17.5 Å². The molecule has 0 spiro atoms. The van der Waals surface area contributed by atoms with Gasteiger partial charge in [-0.15, -0.1) is 0 Å². The van der Waals surface area contributed by atoms with Gasteiger partial charge in [0.2, 0.25) is 0 Å². The van der Waals surface area contributed by atoms with Gasteiger partial charge in [0.05, 0.1) is 11.9 Å². The van der Waals surface area contributed by atoms with Crippen molar-refractivity contribution in [3.63, 3.8) is 0 Å². The molecule has 0 atom stereocenters. The van der Waals surface area contributed by atoms with Gasteiger partial charge in [-0.2, -0.15) is 18.3 Å². The molecule has 2 aromatic rings. The normalized spacial score (nSPS) is 11.8. The van der Waals surface area contributed by atoms with Gasteiger partial charge in [0.15, 0.2) is 5.69 Å². The lowest BCUT2D eigenvalue weighted by Gasteiger charge is -2.13. The Bertz CT molecular complexity index is 561. The van der Waals surface area contributed by atoms with Gasteiger partial charge in [-0.25, -0.2) is 4.68 Å². The number of halogens is 3. The van der Waals surface area contributed by atoms with Gasteiger partial charge in [-0.1, -0.05) is 31.5 Å². The zero-order chi connectivity index (χ0) is 15.3. The minimum atomic E-state index is -4.44. The highest BCUT2D eigenvalue weighted by atomic mass is 19.4. The molecular formula is C15H18F3N3. The van der Waals surface area contributed by atoms with Crippen molar-refractivity contribution in [3.05, 3.63) is 47.8 Å². The molecule has 0 aliphatic carbocycles. The molecule has 1 heterocycles. The minimum absolute atomic E-state index is 0.168. The Balaban J connectivity index is 2.28. The summed E-state index contributed by atoms with van der Waals surface area (Å²) in [6, 6.07) is 8.35. The van der Waals surface area contributed by atoms with E-state index in [0.29, 0.717) is 12.2 Å². The second kappa shape index (κ2) is 6.76. The number of hydrogen-bond donors (Lipinski definition) is 1. The average molecular weight is 297 g/mol. The summed E-state index contributed by atoms with van der Waals surface area (Å²) < 4.78 is 40.9. The van der Waals surface area contributed by atoms with Crippen LogP contribution < -0.4 is 5.32 Å².